The second-order valence-corrected chi connectivity index (χ2v) is 5.78. The van der Waals surface area contributed by atoms with Gasteiger partial charge in [0.05, 0.1) is 12.2 Å². The number of carbonyl (C=O) groups is 1. The molecule has 21 heavy (non-hydrogen) atoms. The maximum absolute atomic E-state index is 11.7. The maximum atomic E-state index is 11.7. The van der Waals surface area contributed by atoms with Crippen LogP contribution in [0.25, 0.3) is 0 Å². The smallest absolute Gasteiger partial charge is 0.338 e. The molecule has 5 heteroatoms. The molecule has 0 unspecified atom stereocenters. The number of rotatable bonds is 5. The summed E-state index contributed by atoms with van der Waals surface area (Å²) in [5.74, 6) is 0.355. The van der Waals surface area contributed by atoms with Gasteiger partial charge in [-0.15, -0.1) is 11.8 Å². The number of nitrogens with two attached hydrogens (primary N) is 1. The second kappa shape index (κ2) is 7.38. The van der Waals surface area contributed by atoms with Crippen LogP contribution in [-0.4, -0.2) is 12.6 Å². The van der Waals surface area contributed by atoms with Crippen LogP contribution in [0, 0.1) is 0 Å². The molecule has 0 amide bonds. The molecule has 0 radical (unpaired) electrons. The fraction of sp³-hybridized carbons (Fsp3) is 0.188. The molecule has 0 bridgehead atoms. The zero-order chi connectivity index (χ0) is 15.2. The van der Waals surface area contributed by atoms with Gasteiger partial charge in [0.1, 0.15) is 0 Å². The summed E-state index contributed by atoms with van der Waals surface area (Å²) in [6, 6.07) is 12.8. The van der Waals surface area contributed by atoms with Crippen molar-refractivity contribution >= 4 is 35.0 Å². The molecule has 0 saturated carbocycles. The zero-order valence-corrected chi connectivity index (χ0v) is 13.2. The first-order valence-corrected chi connectivity index (χ1v) is 7.91. The Morgan fingerprint density at radius 1 is 1.29 bits per heavy atom. The summed E-state index contributed by atoms with van der Waals surface area (Å²) in [5, 5.41) is 0.727. The van der Waals surface area contributed by atoms with Crippen LogP contribution in [0.1, 0.15) is 22.8 Å². The molecule has 3 nitrogen and oxygen atoms in total. The summed E-state index contributed by atoms with van der Waals surface area (Å²) >= 11 is 7.68. The summed E-state index contributed by atoms with van der Waals surface area (Å²) in [6.45, 7) is 2.13. The maximum Gasteiger partial charge on any atom is 0.338 e. The van der Waals surface area contributed by atoms with E-state index < -0.39 is 0 Å². The SMILES string of the molecule is CCOC(=O)c1ccc(N)c(SCc2ccccc2Cl)c1. The van der Waals surface area contributed by atoms with Gasteiger partial charge in [0.2, 0.25) is 0 Å². The van der Waals surface area contributed by atoms with Crippen LogP contribution >= 0.6 is 23.4 Å². The van der Waals surface area contributed by atoms with E-state index in [2.05, 4.69) is 0 Å². The normalized spacial score (nSPS) is 10.4. The summed E-state index contributed by atoms with van der Waals surface area (Å²) in [7, 11) is 0. The molecule has 0 atom stereocenters. The molecule has 2 aromatic rings. The quantitative estimate of drug-likeness (QED) is 0.504. The zero-order valence-electron chi connectivity index (χ0n) is 11.6. The minimum atomic E-state index is -0.336. The lowest BCUT2D eigenvalue weighted by atomic mass is 10.2. The van der Waals surface area contributed by atoms with Gasteiger partial charge < -0.3 is 10.5 Å². The van der Waals surface area contributed by atoms with Gasteiger partial charge in [-0.1, -0.05) is 29.8 Å². The van der Waals surface area contributed by atoms with E-state index in [-0.39, 0.29) is 5.97 Å². The molecule has 0 aliphatic rings. The third-order valence-corrected chi connectivity index (χ3v) is 4.35. The Labute approximate surface area is 133 Å². The van der Waals surface area contributed by atoms with Crippen molar-refractivity contribution in [3.8, 4) is 0 Å². The van der Waals surface area contributed by atoms with Crippen molar-refractivity contribution in [3.05, 3.63) is 58.6 Å². The summed E-state index contributed by atoms with van der Waals surface area (Å²) < 4.78 is 4.99. The van der Waals surface area contributed by atoms with E-state index in [9.17, 15) is 4.79 Å². The Bertz CT molecular complexity index is 646. The monoisotopic (exact) mass is 321 g/mol. The molecule has 0 aromatic heterocycles. The molecule has 0 heterocycles. The van der Waals surface area contributed by atoms with Gasteiger partial charge in [-0.25, -0.2) is 4.79 Å². The Kier molecular flexibility index (Phi) is 5.53. The molecule has 0 aliphatic heterocycles. The first-order valence-electron chi connectivity index (χ1n) is 6.54. The van der Waals surface area contributed by atoms with Crippen LogP contribution in [0.5, 0.6) is 0 Å². The largest absolute Gasteiger partial charge is 0.462 e. The second-order valence-electron chi connectivity index (χ2n) is 4.35. The number of halogens is 1. The lowest BCUT2D eigenvalue weighted by Gasteiger charge is -2.09. The number of nitrogen functional groups attached to an aromatic ring is 1. The van der Waals surface area contributed by atoms with E-state index in [1.54, 1.807) is 36.9 Å². The highest BCUT2D eigenvalue weighted by molar-refractivity contribution is 7.98. The highest BCUT2D eigenvalue weighted by Crippen LogP contribution is 2.31. The van der Waals surface area contributed by atoms with Gasteiger partial charge in [0, 0.05) is 21.4 Å². The third kappa shape index (κ3) is 4.16. The number of thioether (sulfide) groups is 1. The number of esters is 1. The number of carbonyl (C=O) groups excluding carboxylic acids is 1. The average Bonchev–Trinajstić information content (AvgIpc) is 2.48. The van der Waals surface area contributed by atoms with Crippen LogP contribution < -0.4 is 5.73 Å². The molecule has 0 aliphatic carbocycles. The lowest BCUT2D eigenvalue weighted by molar-refractivity contribution is 0.0526. The van der Waals surface area contributed by atoms with Gasteiger partial charge in [-0.05, 0) is 36.8 Å². The first-order chi connectivity index (χ1) is 10.1. The lowest BCUT2D eigenvalue weighted by Crippen LogP contribution is -2.05. The number of hydrogen-bond donors (Lipinski definition) is 1. The predicted octanol–water partition coefficient (Wildman–Crippen LogP) is 4.39. The fourth-order valence-corrected chi connectivity index (χ4v) is 3.06. The Morgan fingerprint density at radius 2 is 2.05 bits per heavy atom. The molecule has 2 rings (SSSR count). The Hall–Kier alpha value is -1.65. The number of anilines is 1. The molecular weight excluding hydrogens is 306 g/mol. The van der Waals surface area contributed by atoms with E-state index >= 15 is 0 Å². The number of hydrogen-bond acceptors (Lipinski definition) is 4. The number of ether oxygens (including phenoxy) is 1. The van der Waals surface area contributed by atoms with Crippen molar-refractivity contribution in [2.75, 3.05) is 12.3 Å². The molecule has 2 aromatic carbocycles. The first kappa shape index (κ1) is 15.7. The standard InChI is InChI=1S/C16H16ClNO2S/c1-2-20-16(19)11-7-8-14(18)15(9-11)21-10-12-5-3-4-6-13(12)17/h3-9H,2,10,18H2,1H3. The predicted molar refractivity (Wildman–Crippen MR) is 87.8 cm³/mol. The van der Waals surface area contributed by atoms with E-state index in [0.717, 1.165) is 15.5 Å². The molecule has 0 spiro atoms. The Balaban J connectivity index is 2.14. The molecule has 0 fully saturated rings. The third-order valence-electron chi connectivity index (χ3n) is 2.87. The Morgan fingerprint density at radius 3 is 2.76 bits per heavy atom. The number of benzene rings is 2. The fourth-order valence-electron chi connectivity index (χ4n) is 1.77. The van der Waals surface area contributed by atoms with Crippen LogP contribution in [0.2, 0.25) is 5.02 Å². The summed E-state index contributed by atoms with van der Waals surface area (Å²) in [5.41, 5.74) is 8.14. The van der Waals surface area contributed by atoms with Crippen molar-refractivity contribution in [1.29, 1.82) is 0 Å². The van der Waals surface area contributed by atoms with Gasteiger partial charge in [0.15, 0.2) is 0 Å². The highest BCUT2D eigenvalue weighted by atomic mass is 35.5. The molecule has 0 saturated heterocycles. The van der Waals surface area contributed by atoms with Crippen LogP contribution in [-0.2, 0) is 10.5 Å². The van der Waals surface area contributed by atoms with Crippen LogP contribution in [0.4, 0.5) is 5.69 Å². The minimum Gasteiger partial charge on any atom is -0.462 e. The summed E-state index contributed by atoms with van der Waals surface area (Å²) in [4.78, 5) is 12.6. The van der Waals surface area contributed by atoms with Crippen molar-refractivity contribution in [3.63, 3.8) is 0 Å². The minimum absolute atomic E-state index is 0.336. The highest BCUT2D eigenvalue weighted by Gasteiger charge is 2.10. The van der Waals surface area contributed by atoms with E-state index in [4.69, 9.17) is 22.1 Å². The van der Waals surface area contributed by atoms with Crippen molar-refractivity contribution < 1.29 is 9.53 Å². The van der Waals surface area contributed by atoms with E-state index in [1.165, 1.54) is 0 Å². The van der Waals surface area contributed by atoms with Gasteiger partial charge >= 0.3 is 5.97 Å². The van der Waals surface area contributed by atoms with Gasteiger partial charge in [-0.2, -0.15) is 0 Å². The molecule has 2 N–H and O–H groups in total. The van der Waals surface area contributed by atoms with Gasteiger partial charge in [0.25, 0.3) is 0 Å². The van der Waals surface area contributed by atoms with Crippen molar-refractivity contribution in [1.82, 2.24) is 0 Å². The molecular formula is C16H16ClNO2S. The molecule has 110 valence electrons. The average molecular weight is 322 g/mol. The topological polar surface area (TPSA) is 52.3 Å². The van der Waals surface area contributed by atoms with Crippen molar-refractivity contribution in [2.24, 2.45) is 0 Å². The van der Waals surface area contributed by atoms with Crippen LogP contribution in [0.3, 0.4) is 0 Å². The van der Waals surface area contributed by atoms with Crippen LogP contribution in [0.15, 0.2) is 47.4 Å². The van der Waals surface area contributed by atoms with Crippen molar-refractivity contribution in [2.45, 2.75) is 17.6 Å². The van der Waals surface area contributed by atoms with E-state index in [0.29, 0.717) is 23.6 Å². The van der Waals surface area contributed by atoms with E-state index in [1.807, 2.05) is 24.3 Å². The summed E-state index contributed by atoms with van der Waals surface area (Å²) in [6.07, 6.45) is 0. The van der Waals surface area contributed by atoms with Gasteiger partial charge in [-0.3, -0.25) is 0 Å².